The Kier molecular flexibility index (Phi) is 8.35. The summed E-state index contributed by atoms with van der Waals surface area (Å²) in [6, 6.07) is 0. The molecule has 0 unspecified atom stereocenters. The van der Waals surface area contributed by atoms with Crippen molar-refractivity contribution < 1.29 is 29.3 Å². The maximum Gasteiger partial charge on any atom is 0.311 e. The number of rotatable bonds is 3. The van der Waals surface area contributed by atoms with E-state index in [1.807, 2.05) is 27.7 Å². The van der Waals surface area contributed by atoms with Crippen LogP contribution in [0.1, 0.15) is 60.8 Å². The summed E-state index contributed by atoms with van der Waals surface area (Å²) in [6.45, 7) is 11.3. The first kappa shape index (κ1) is 21.9. The summed E-state index contributed by atoms with van der Waals surface area (Å²) < 4.78 is 10.3. The van der Waals surface area contributed by atoms with Gasteiger partial charge in [-0.2, -0.15) is 0 Å². The van der Waals surface area contributed by atoms with Crippen LogP contribution in [0, 0.1) is 23.7 Å². The Morgan fingerprint density at radius 3 is 1.64 bits per heavy atom. The molecule has 2 rings (SSSR count). The van der Waals surface area contributed by atoms with E-state index in [4.69, 9.17) is 9.47 Å². The molecule has 146 valence electrons. The van der Waals surface area contributed by atoms with Crippen LogP contribution in [0.5, 0.6) is 0 Å². The van der Waals surface area contributed by atoms with Crippen LogP contribution in [0.4, 0.5) is 0 Å². The lowest BCUT2D eigenvalue weighted by Gasteiger charge is -2.37. The van der Waals surface area contributed by atoms with E-state index in [2.05, 4.69) is 0 Å². The molecule has 0 aromatic rings. The van der Waals surface area contributed by atoms with Crippen molar-refractivity contribution in [2.45, 2.75) is 85.2 Å². The van der Waals surface area contributed by atoms with Crippen LogP contribution < -0.4 is 0 Å². The Hall–Kier alpha value is -1.14. The van der Waals surface area contributed by atoms with Crippen LogP contribution >= 0.6 is 0 Å². The van der Waals surface area contributed by atoms with Gasteiger partial charge in [0.1, 0.15) is 12.2 Å². The minimum absolute atomic E-state index is 0.0938. The third-order valence-electron chi connectivity index (χ3n) is 5.64. The van der Waals surface area contributed by atoms with E-state index in [0.717, 1.165) is 19.3 Å². The second-order valence-electron chi connectivity index (χ2n) is 7.23. The molecule has 8 atom stereocenters. The van der Waals surface area contributed by atoms with Crippen LogP contribution in [0.15, 0.2) is 0 Å². The molecular formula is C19H34O6. The molecule has 0 saturated carbocycles. The molecule has 2 heterocycles. The molecule has 0 aliphatic carbocycles. The molecule has 2 fully saturated rings. The summed E-state index contributed by atoms with van der Waals surface area (Å²) in [5.74, 6) is -1.07. The number of aliphatic hydroxyl groups is 2. The van der Waals surface area contributed by atoms with Crippen LogP contribution in [0.25, 0.3) is 0 Å². The van der Waals surface area contributed by atoms with E-state index in [9.17, 15) is 19.8 Å². The summed E-state index contributed by atoms with van der Waals surface area (Å²) in [5, 5.41) is 19.5. The predicted molar refractivity (Wildman–Crippen MR) is 93.6 cm³/mol. The lowest BCUT2D eigenvalue weighted by molar-refractivity contribution is -0.179. The van der Waals surface area contributed by atoms with Crippen molar-refractivity contribution in [3.63, 3.8) is 0 Å². The summed E-state index contributed by atoms with van der Waals surface area (Å²) in [4.78, 5) is 22.3. The van der Waals surface area contributed by atoms with Gasteiger partial charge in [-0.05, 0) is 40.0 Å². The van der Waals surface area contributed by atoms with E-state index in [1.54, 1.807) is 13.8 Å². The van der Waals surface area contributed by atoms with Gasteiger partial charge in [-0.1, -0.05) is 20.8 Å². The molecule has 0 bridgehead atoms. The normalized spacial score (nSPS) is 41.3. The van der Waals surface area contributed by atoms with E-state index < -0.39 is 12.2 Å². The number of esters is 2. The molecule has 2 saturated heterocycles. The highest BCUT2D eigenvalue weighted by Gasteiger charge is 2.41. The zero-order valence-electron chi connectivity index (χ0n) is 16.3. The van der Waals surface area contributed by atoms with Crippen LogP contribution in [0.2, 0.25) is 0 Å². The van der Waals surface area contributed by atoms with Gasteiger partial charge in [-0.25, -0.2) is 0 Å². The molecule has 2 N–H and O–H groups in total. The minimum Gasteiger partial charge on any atom is -0.462 e. The third-order valence-corrected chi connectivity index (χ3v) is 5.64. The lowest BCUT2D eigenvalue weighted by atomic mass is 9.82. The maximum absolute atomic E-state index is 11.3. The average molecular weight is 358 g/mol. The highest BCUT2D eigenvalue weighted by Crippen LogP contribution is 2.30. The maximum atomic E-state index is 11.3. The van der Waals surface area contributed by atoms with E-state index in [-0.39, 0.29) is 47.8 Å². The third kappa shape index (κ3) is 4.94. The summed E-state index contributed by atoms with van der Waals surface area (Å²) in [6.07, 6.45) is 1.19. The topological polar surface area (TPSA) is 93.1 Å². The van der Waals surface area contributed by atoms with E-state index in [1.165, 1.54) is 0 Å². The highest BCUT2D eigenvalue weighted by molar-refractivity contribution is 5.74. The number of aliphatic hydroxyl groups excluding tert-OH is 2. The molecule has 0 spiro atoms. The largest absolute Gasteiger partial charge is 0.462 e. The Balaban J connectivity index is 0.000000251. The Labute approximate surface area is 150 Å². The molecule has 0 amide bonds. The van der Waals surface area contributed by atoms with Gasteiger partial charge in [0.15, 0.2) is 0 Å². The van der Waals surface area contributed by atoms with Gasteiger partial charge in [-0.3, -0.25) is 9.59 Å². The van der Waals surface area contributed by atoms with Gasteiger partial charge in [-0.15, -0.1) is 0 Å². The molecule has 0 aromatic heterocycles. The smallest absolute Gasteiger partial charge is 0.311 e. The zero-order chi connectivity index (χ0) is 19.3. The number of ether oxygens (including phenoxy) is 2. The number of hydrogen-bond acceptors (Lipinski definition) is 6. The molecule has 25 heavy (non-hydrogen) atoms. The van der Waals surface area contributed by atoms with Crippen molar-refractivity contribution in [2.75, 3.05) is 0 Å². The first-order valence-corrected chi connectivity index (χ1v) is 9.46. The number of carbonyl (C=O) groups is 2. The zero-order valence-corrected chi connectivity index (χ0v) is 16.3. The van der Waals surface area contributed by atoms with Crippen molar-refractivity contribution in [2.24, 2.45) is 23.7 Å². The van der Waals surface area contributed by atoms with Gasteiger partial charge in [0.25, 0.3) is 0 Å². The number of cyclic esters (lactones) is 2. The molecule has 6 heteroatoms. The number of hydrogen-bond donors (Lipinski definition) is 2. The molecule has 0 aromatic carbocycles. The van der Waals surface area contributed by atoms with Crippen LogP contribution in [0.3, 0.4) is 0 Å². The fraction of sp³-hybridized carbons (Fsp3) is 0.895. The summed E-state index contributed by atoms with van der Waals surface area (Å²) in [5.41, 5.74) is 0. The van der Waals surface area contributed by atoms with Gasteiger partial charge < -0.3 is 19.7 Å². The van der Waals surface area contributed by atoms with Crippen molar-refractivity contribution in [3.8, 4) is 0 Å². The second-order valence-corrected chi connectivity index (χ2v) is 7.23. The fourth-order valence-electron chi connectivity index (χ4n) is 3.70. The van der Waals surface area contributed by atoms with Gasteiger partial charge in [0.05, 0.1) is 24.0 Å². The molecular weight excluding hydrogens is 324 g/mol. The Morgan fingerprint density at radius 2 is 1.20 bits per heavy atom. The predicted octanol–water partition coefficient (Wildman–Crippen LogP) is 2.30. The van der Waals surface area contributed by atoms with Gasteiger partial charge in [0, 0.05) is 11.8 Å². The molecule has 6 nitrogen and oxygen atoms in total. The van der Waals surface area contributed by atoms with Crippen molar-refractivity contribution in [3.05, 3.63) is 0 Å². The number of carbonyl (C=O) groups excluding carboxylic acids is 2. The average Bonchev–Trinajstić information content (AvgIpc) is 2.58. The van der Waals surface area contributed by atoms with Crippen molar-refractivity contribution in [1.29, 1.82) is 0 Å². The monoisotopic (exact) mass is 358 g/mol. The van der Waals surface area contributed by atoms with Crippen LogP contribution in [-0.4, -0.2) is 46.6 Å². The first-order valence-electron chi connectivity index (χ1n) is 9.46. The second kappa shape index (κ2) is 9.53. The van der Waals surface area contributed by atoms with Crippen molar-refractivity contribution in [1.82, 2.24) is 0 Å². The Morgan fingerprint density at radius 1 is 0.760 bits per heavy atom. The Bertz CT molecular complexity index is 449. The summed E-state index contributed by atoms with van der Waals surface area (Å²) >= 11 is 0. The lowest BCUT2D eigenvalue weighted by Crippen LogP contribution is -2.47. The first-order chi connectivity index (χ1) is 11.7. The van der Waals surface area contributed by atoms with E-state index >= 15 is 0 Å². The van der Waals surface area contributed by atoms with Gasteiger partial charge >= 0.3 is 11.9 Å². The van der Waals surface area contributed by atoms with Gasteiger partial charge in [0.2, 0.25) is 0 Å². The minimum atomic E-state index is -0.536. The van der Waals surface area contributed by atoms with E-state index in [0.29, 0.717) is 0 Å². The van der Waals surface area contributed by atoms with Crippen molar-refractivity contribution >= 4 is 11.9 Å². The fourth-order valence-corrected chi connectivity index (χ4v) is 3.70. The summed E-state index contributed by atoms with van der Waals surface area (Å²) in [7, 11) is 0. The molecule has 2 aliphatic rings. The molecule has 2 aliphatic heterocycles. The standard InChI is InChI=1S/C10H18O3.C9H16O3/c1-4-7-8(5-2)13-10(12)6(3)9(7)11;1-4-7-6(3)12-9(11)5(2)8(7)10/h6-9,11H,4-5H2,1-3H3;5-8,10H,4H2,1-3H3/t6-,7+,8-,9-;5-,6-,7+,8-/m11/s1. The van der Waals surface area contributed by atoms with Crippen LogP contribution in [-0.2, 0) is 19.1 Å². The highest BCUT2D eigenvalue weighted by atomic mass is 16.6. The SMILES string of the molecule is CC[C@@H]1[C@H](O)[C@@H](C)C(=O)O[C@@H]1C.CC[C@@H]1[C@H](O)[C@@H](C)C(=O)O[C@@H]1CC. The molecule has 0 radical (unpaired) electrons. The quantitative estimate of drug-likeness (QED) is 0.752.